The molecule has 2 aliphatic heterocycles. The van der Waals surface area contributed by atoms with Crippen LogP contribution in [0.5, 0.6) is 0 Å². The van der Waals surface area contributed by atoms with Gasteiger partial charge in [0.2, 0.25) is 11.7 Å². The number of likely N-dealkylation sites (tertiary alicyclic amines) is 1. The number of hydrogen-bond donors (Lipinski definition) is 0. The molecule has 9 heteroatoms. The fraction of sp³-hybridized carbons (Fsp3) is 0.308. The highest BCUT2D eigenvalue weighted by atomic mass is 32.1. The number of furan rings is 1. The van der Waals surface area contributed by atoms with Gasteiger partial charge in [0, 0.05) is 12.0 Å². The van der Waals surface area contributed by atoms with Gasteiger partial charge in [-0.25, -0.2) is 5.01 Å². The van der Waals surface area contributed by atoms with Crippen LogP contribution in [0.3, 0.4) is 0 Å². The molecule has 0 bridgehead atoms. The maximum absolute atomic E-state index is 13.6. The van der Waals surface area contributed by atoms with Crippen LogP contribution in [-0.4, -0.2) is 44.8 Å². The first kappa shape index (κ1) is 21.9. The summed E-state index contributed by atoms with van der Waals surface area (Å²) in [6.45, 7) is 1.02. The second-order valence-corrected chi connectivity index (χ2v) is 9.75. The van der Waals surface area contributed by atoms with Gasteiger partial charge in [-0.3, -0.25) is 9.69 Å². The van der Waals surface area contributed by atoms with E-state index in [2.05, 4.69) is 15.0 Å². The lowest BCUT2D eigenvalue weighted by Gasteiger charge is -2.33. The molecule has 0 aliphatic carbocycles. The largest absolute Gasteiger partial charge is 0.467 e. The van der Waals surface area contributed by atoms with Crippen LogP contribution in [-0.2, 0) is 4.79 Å². The zero-order valence-electron chi connectivity index (χ0n) is 19.1. The molecule has 0 saturated carbocycles. The lowest BCUT2D eigenvalue weighted by Crippen LogP contribution is -2.42. The predicted octanol–water partition coefficient (Wildman–Crippen LogP) is 5.30. The van der Waals surface area contributed by atoms with Crippen molar-refractivity contribution in [2.24, 2.45) is 5.10 Å². The molecule has 1 amide bonds. The smallest absolute Gasteiger partial charge is 0.257 e. The topological polar surface area (TPSA) is 88.0 Å². The molecule has 8 nitrogen and oxygen atoms in total. The Morgan fingerprint density at radius 3 is 2.77 bits per heavy atom. The second-order valence-electron chi connectivity index (χ2n) is 8.80. The highest BCUT2D eigenvalue weighted by Crippen LogP contribution is 2.36. The maximum Gasteiger partial charge on any atom is 0.257 e. The van der Waals surface area contributed by atoms with E-state index >= 15 is 0 Å². The lowest BCUT2D eigenvalue weighted by atomic mass is 10.0. The minimum atomic E-state index is -0.245. The van der Waals surface area contributed by atoms with Gasteiger partial charge >= 0.3 is 0 Å². The lowest BCUT2D eigenvalue weighted by molar-refractivity contribution is -0.135. The summed E-state index contributed by atoms with van der Waals surface area (Å²) in [6.07, 6.45) is 5.22. The van der Waals surface area contributed by atoms with Crippen molar-refractivity contribution in [1.29, 1.82) is 0 Å². The van der Waals surface area contributed by atoms with E-state index in [9.17, 15) is 4.79 Å². The van der Waals surface area contributed by atoms with Crippen molar-refractivity contribution in [2.75, 3.05) is 13.1 Å². The van der Waals surface area contributed by atoms with Crippen molar-refractivity contribution in [3.63, 3.8) is 0 Å². The van der Waals surface area contributed by atoms with Crippen molar-refractivity contribution in [3.05, 3.63) is 82.8 Å². The van der Waals surface area contributed by atoms with E-state index in [1.165, 1.54) is 0 Å². The molecule has 2 aliphatic rings. The molecule has 2 atom stereocenters. The average molecular weight is 488 g/mol. The van der Waals surface area contributed by atoms with Crippen LogP contribution in [0, 0.1) is 0 Å². The highest BCUT2D eigenvalue weighted by Gasteiger charge is 2.38. The third-order valence-corrected chi connectivity index (χ3v) is 7.47. The molecule has 178 valence electrons. The predicted molar refractivity (Wildman–Crippen MR) is 132 cm³/mol. The molecule has 3 aromatic heterocycles. The quantitative estimate of drug-likeness (QED) is 0.367. The Bertz CT molecular complexity index is 1300. The second kappa shape index (κ2) is 9.59. The third kappa shape index (κ3) is 4.44. The number of rotatable bonds is 6. The zero-order valence-corrected chi connectivity index (χ0v) is 19.9. The summed E-state index contributed by atoms with van der Waals surface area (Å²) in [5, 5.41) is 12.6. The van der Waals surface area contributed by atoms with Gasteiger partial charge in [0.05, 0.1) is 29.4 Å². The zero-order chi connectivity index (χ0) is 23.6. The molecular weight excluding hydrogens is 462 g/mol. The number of carbonyl (C=O) groups is 1. The fourth-order valence-corrected chi connectivity index (χ4v) is 5.54. The Morgan fingerprint density at radius 2 is 1.97 bits per heavy atom. The minimum absolute atomic E-state index is 0.0624. The summed E-state index contributed by atoms with van der Waals surface area (Å²) in [5.74, 6) is 1.81. The van der Waals surface area contributed by atoms with E-state index in [-0.39, 0.29) is 24.5 Å². The van der Waals surface area contributed by atoms with Crippen molar-refractivity contribution < 1.29 is 13.7 Å². The van der Waals surface area contributed by atoms with Gasteiger partial charge in [-0.2, -0.15) is 10.1 Å². The molecule has 0 spiro atoms. The molecule has 0 unspecified atom stereocenters. The van der Waals surface area contributed by atoms with E-state index in [1.807, 2.05) is 60.0 Å². The van der Waals surface area contributed by atoms with Gasteiger partial charge < -0.3 is 8.94 Å². The van der Waals surface area contributed by atoms with E-state index in [4.69, 9.17) is 14.0 Å². The number of piperidine rings is 1. The third-order valence-electron chi connectivity index (χ3n) is 6.55. The van der Waals surface area contributed by atoms with Crippen LogP contribution >= 0.6 is 11.3 Å². The summed E-state index contributed by atoms with van der Waals surface area (Å²) >= 11 is 1.63. The summed E-state index contributed by atoms with van der Waals surface area (Å²) in [6, 6.07) is 17.2. The van der Waals surface area contributed by atoms with Crippen LogP contribution in [0.4, 0.5) is 0 Å². The molecule has 1 aromatic carbocycles. The van der Waals surface area contributed by atoms with E-state index in [0.29, 0.717) is 18.1 Å². The molecule has 1 saturated heterocycles. The van der Waals surface area contributed by atoms with E-state index in [1.54, 1.807) is 22.6 Å². The van der Waals surface area contributed by atoms with Gasteiger partial charge in [0.25, 0.3) is 5.91 Å². The fourth-order valence-electron chi connectivity index (χ4n) is 4.82. The Labute approximate surface area is 206 Å². The number of carbonyl (C=O) groups excluding carboxylic acids is 1. The first-order valence-electron chi connectivity index (χ1n) is 11.9. The van der Waals surface area contributed by atoms with Gasteiger partial charge in [0.15, 0.2) is 0 Å². The Kier molecular flexibility index (Phi) is 6.01. The highest BCUT2D eigenvalue weighted by molar-refractivity contribution is 7.12. The Hall–Kier alpha value is -3.56. The van der Waals surface area contributed by atoms with Crippen LogP contribution in [0.2, 0.25) is 0 Å². The number of hydrogen-bond acceptors (Lipinski definition) is 8. The minimum Gasteiger partial charge on any atom is -0.467 e. The van der Waals surface area contributed by atoms with Gasteiger partial charge in [-0.1, -0.05) is 48.0 Å². The summed E-state index contributed by atoms with van der Waals surface area (Å²) < 4.78 is 11.4. The number of aromatic nitrogens is 2. The molecule has 0 radical (unpaired) electrons. The molecule has 0 N–H and O–H groups in total. The normalized spacial score (nSPS) is 20.8. The SMILES string of the molecule is O=C(CN1CCCC[C@H]1c1nc(-c2ccccc2)no1)N1N=C(c2cccs2)C[C@H]1c1ccco1. The van der Waals surface area contributed by atoms with E-state index < -0.39 is 0 Å². The van der Waals surface area contributed by atoms with Gasteiger partial charge in [0.1, 0.15) is 11.8 Å². The first-order valence-corrected chi connectivity index (χ1v) is 12.7. The van der Waals surface area contributed by atoms with Crippen LogP contribution in [0.25, 0.3) is 11.4 Å². The summed E-state index contributed by atoms with van der Waals surface area (Å²) in [4.78, 5) is 21.5. The van der Waals surface area contributed by atoms with Crippen LogP contribution in [0.1, 0.15) is 54.3 Å². The number of nitrogens with zero attached hydrogens (tertiary/aromatic N) is 5. The number of amides is 1. The van der Waals surface area contributed by atoms with Crippen LogP contribution < -0.4 is 0 Å². The van der Waals surface area contributed by atoms with E-state index in [0.717, 1.165) is 47.7 Å². The standard InChI is InChI=1S/C26H25N5O3S/c32-24(31-21(22-11-6-14-33-22)16-19(28-31)23-12-7-15-35-23)17-30-13-5-4-10-20(30)26-27-25(29-34-26)18-8-2-1-3-9-18/h1-3,6-9,11-12,14-15,20-21H,4-5,10,13,16-17H2/t20-,21-/m0/s1. The molecule has 6 rings (SSSR count). The molecule has 1 fully saturated rings. The molecule has 4 aromatic rings. The first-order chi connectivity index (χ1) is 17.3. The van der Waals surface area contributed by atoms with Crippen molar-refractivity contribution in [2.45, 2.75) is 37.8 Å². The van der Waals surface area contributed by atoms with Gasteiger partial charge in [-0.05, 0) is 43.0 Å². The Morgan fingerprint density at radius 1 is 1.06 bits per heavy atom. The van der Waals surface area contributed by atoms with Crippen molar-refractivity contribution in [1.82, 2.24) is 20.0 Å². The summed E-state index contributed by atoms with van der Waals surface area (Å²) in [7, 11) is 0. The molecule has 35 heavy (non-hydrogen) atoms. The van der Waals surface area contributed by atoms with Crippen molar-refractivity contribution >= 4 is 23.0 Å². The molecular formula is C26H25N5O3S. The maximum atomic E-state index is 13.6. The average Bonchev–Trinajstić information content (AvgIpc) is 3.71. The monoisotopic (exact) mass is 487 g/mol. The van der Waals surface area contributed by atoms with Crippen LogP contribution in [0.15, 0.2) is 80.3 Å². The number of hydrazone groups is 1. The Balaban J connectivity index is 1.23. The molecule has 5 heterocycles. The number of benzene rings is 1. The van der Waals surface area contributed by atoms with Crippen molar-refractivity contribution in [3.8, 4) is 11.4 Å². The van der Waals surface area contributed by atoms with Gasteiger partial charge in [-0.15, -0.1) is 11.3 Å². The summed E-state index contributed by atoms with van der Waals surface area (Å²) in [5.41, 5.74) is 1.82. The number of thiophene rings is 1.